The smallest absolute Gasteiger partial charge is 0.376 e. The second-order valence-corrected chi connectivity index (χ2v) is 6.09. The van der Waals surface area contributed by atoms with Crippen LogP contribution < -0.4 is 4.72 Å². The molecular weight excluding hydrogens is 362 g/mol. The maximum Gasteiger partial charge on any atom is 0.404 e. The molecule has 1 fully saturated rings. The van der Waals surface area contributed by atoms with Crippen LogP contribution in [0.15, 0.2) is 0 Å². The minimum Gasteiger partial charge on any atom is -0.376 e. The van der Waals surface area contributed by atoms with Gasteiger partial charge in [0.1, 0.15) is 0 Å². The highest BCUT2D eigenvalue weighted by atomic mass is 127. The summed E-state index contributed by atoms with van der Waals surface area (Å²) in [6.45, 7) is 0.368. The van der Waals surface area contributed by atoms with Crippen molar-refractivity contribution in [1.82, 2.24) is 4.72 Å². The van der Waals surface area contributed by atoms with Crippen LogP contribution in [0.1, 0.15) is 6.42 Å². The second kappa shape index (κ2) is 5.36. The van der Waals surface area contributed by atoms with E-state index in [1.165, 1.54) is 0 Å². The molecule has 2 atom stereocenters. The van der Waals surface area contributed by atoms with E-state index in [1.807, 2.05) is 27.3 Å². The van der Waals surface area contributed by atoms with Crippen molar-refractivity contribution in [2.75, 3.05) is 16.8 Å². The predicted octanol–water partition coefficient (Wildman–Crippen LogP) is 1.06. The number of hydrogen-bond acceptors (Lipinski definition) is 3. The SMILES string of the molecule is O=S(=O)(CC(F)(F)F)N[C@@H]1CCO[C@H]1CI. The molecule has 1 aliphatic rings. The summed E-state index contributed by atoms with van der Waals surface area (Å²) in [4.78, 5) is 0. The molecule has 0 amide bonds. The first-order valence-electron chi connectivity index (χ1n) is 4.48. The molecule has 0 aromatic rings. The van der Waals surface area contributed by atoms with Crippen LogP contribution in [0, 0.1) is 0 Å². The summed E-state index contributed by atoms with van der Waals surface area (Å²) >= 11 is 2.00. The lowest BCUT2D eigenvalue weighted by Crippen LogP contribution is -2.44. The topological polar surface area (TPSA) is 55.4 Å². The van der Waals surface area contributed by atoms with Crippen molar-refractivity contribution in [1.29, 1.82) is 0 Å². The van der Waals surface area contributed by atoms with Crippen molar-refractivity contribution in [2.45, 2.75) is 24.7 Å². The van der Waals surface area contributed by atoms with Gasteiger partial charge in [-0.2, -0.15) is 13.2 Å². The Hall–Kier alpha value is 0.390. The van der Waals surface area contributed by atoms with Crippen LogP contribution in [-0.2, 0) is 14.8 Å². The Morgan fingerprint density at radius 3 is 2.56 bits per heavy atom. The molecule has 1 rings (SSSR count). The van der Waals surface area contributed by atoms with E-state index in [0.29, 0.717) is 17.5 Å². The molecule has 0 radical (unpaired) electrons. The quantitative estimate of drug-likeness (QED) is 0.593. The Balaban J connectivity index is 2.59. The largest absolute Gasteiger partial charge is 0.404 e. The Morgan fingerprint density at radius 2 is 2.06 bits per heavy atom. The van der Waals surface area contributed by atoms with Crippen LogP contribution in [-0.4, -0.2) is 43.5 Å². The van der Waals surface area contributed by atoms with Gasteiger partial charge in [-0.15, -0.1) is 0 Å². The van der Waals surface area contributed by atoms with Crippen LogP contribution in [0.3, 0.4) is 0 Å². The molecule has 0 unspecified atom stereocenters. The maximum atomic E-state index is 12.0. The van der Waals surface area contributed by atoms with E-state index in [1.54, 1.807) is 0 Å². The zero-order valence-electron chi connectivity index (χ0n) is 8.13. The third-order valence-corrected chi connectivity index (χ3v) is 4.28. The number of halogens is 4. The molecule has 16 heavy (non-hydrogen) atoms. The Kier molecular flexibility index (Phi) is 4.84. The van der Waals surface area contributed by atoms with Crippen LogP contribution in [0.5, 0.6) is 0 Å². The van der Waals surface area contributed by atoms with E-state index in [-0.39, 0.29) is 6.10 Å². The minimum atomic E-state index is -4.72. The number of rotatable bonds is 4. The van der Waals surface area contributed by atoms with E-state index in [2.05, 4.69) is 0 Å². The third-order valence-electron chi connectivity index (χ3n) is 2.05. The van der Waals surface area contributed by atoms with Crippen molar-refractivity contribution in [3.8, 4) is 0 Å². The number of alkyl halides is 4. The zero-order chi connectivity index (χ0) is 12.4. The standard InChI is InChI=1S/C7H11F3INO3S/c8-7(9,10)4-16(13,14)12-5-1-2-15-6(5)3-11/h5-6,12H,1-4H2/t5-,6+/m1/s1. The minimum absolute atomic E-state index is 0.344. The first-order chi connectivity index (χ1) is 7.23. The van der Waals surface area contributed by atoms with E-state index in [9.17, 15) is 21.6 Å². The van der Waals surface area contributed by atoms with Gasteiger partial charge in [0.2, 0.25) is 10.0 Å². The van der Waals surface area contributed by atoms with Gasteiger partial charge in [-0.25, -0.2) is 13.1 Å². The molecule has 0 bridgehead atoms. The highest BCUT2D eigenvalue weighted by molar-refractivity contribution is 14.1. The maximum absolute atomic E-state index is 12.0. The summed E-state index contributed by atoms with van der Waals surface area (Å²) < 4.78 is 66.0. The highest BCUT2D eigenvalue weighted by Gasteiger charge is 2.38. The Morgan fingerprint density at radius 1 is 1.44 bits per heavy atom. The normalized spacial score (nSPS) is 27.2. The highest BCUT2D eigenvalue weighted by Crippen LogP contribution is 2.20. The first kappa shape index (κ1) is 14.5. The van der Waals surface area contributed by atoms with E-state index in [0.717, 1.165) is 0 Å². The lowest BCUT2D eigenvalue weighted by molar-refractivity contribution is -0.106. The first-order valence-corrected chi connectivity index (χ1v) is 7.65. The van der Waals surface area contributed by atoms with Crippen molar-refractivity contribution in [2.24, 2.45) is 0 Å². The summed E-state index contributed by atoms with van der Waals surface area (Å²) in [5.41, 5.74) is 0. The lowest BCUT2D eigenvalue weighted by atomic mass is 10.2. The second-order valence-electron chi connectivity index (χ2n) is 3.45. The summed E-state index contributed by atoms with van der Waals surface area (Å²) in [5.74, 6) is -1.84. The number of ether oxygens (including phenoxy) is 1. The Bertz CT molecular complexity index is 332. The molecular formula is C7H11F3INO3S. The average Bonchev–Trinajstić information content (AvgIpc) is 2.45. The van der Waals surface area contributed by atoms with Crippen molar-refractivity contribution >= 4 is 32.6 Å². The monoisotopic (exact) mass is 373 g/mol. The molecule has 0 aromatic heterocycles. The van der Waals surface area contributed by atoms with Gasteiger partial charge in [0.05, 0.1) is 12.1 Å². The lowest BCUT2D eigenvalue weighted by Gasteiger charge is -2.18. The zero-order valence-corrected chi connectivity index (χ0v) is 11.1. The van der Waals surface area contributed by atoms with Gasteiger partial charge in [-0.05, 0) is 6.42 Å². The molecule has 0 aliphatic carbocycles. The Labute approximate surface area is 105 Å². The molecule has 4 nitrogen and oxygen atoms in total. The number of nitrogens with one attached hydrogen (secondary N) is 1. The van der Waals surface area contributed by atoms with Crippen LogP contribution in [0.4, 0.5) is 13.2 Å². The van der Waals surface area contributed by atoms with Gasteiger partial charge in [0.25, 0.3) is 0 Å². The molecule has 1 aliphatic heterocycles. The van der Waals surface area contributed by atoms with Gasteiger partial charge >= 0.3 is 6.18 Å². The van der Waals surface area contributed by atoms with Crippen molar-refractivity contribution < 1.29 is 26.3 Å². The molecule has 0 saturated carbocycles. The van der Waals surface area contributed by atoms with Crippen LogP contribution in [0.25, 0.3) is 0 Å². The molecule has 1 heterocycles. The van der Waals surface area contributed by atoms with E-state index < -0.39 is 28.0 Å². The van der Waals surface area contributed by atoms with Crippen LogP contribution in [0.2, 0.25) is 0 Å². The molecule has 1 N–H and O–H groups in total. The molecule has 0 aromatic carbocycles. The van der Waals surface area contributed by atoms with Crippen molar-refractivity contribution in [3.63, 3.8) is 0 Å². The summed E-state index contributed by atoms with van der Waals surface area (Å²) in [7, 11) is -4.32. The van der Waals surface area contributed by atoms with Gasteiger partial charge in [0, 0.05) is 11.0 Å². The van der Waals surface area contributed by atoms with Gasteiger partial charge in [0.15, 0.2) is 5.75 Å². The van der Waals surface area contributed by atoms with Gasteiger partial charge < -0.3 is 4.74 Å². The fourth-order valence-corrected chi connectivity index (χ4v) is 3.54. The fourth-order valence-electron chi connectivity index (χ4n) is 1.42. The summed E-state index contributed by atoms with van der Waals surface area (Å²) in [5, 5.41) is 0. The molecule has 96 valence electrons. The third kappa shape index (κ3) is 4.72. The molecule has 1 saturated heterocycles. The fraction of sp³-hybridized carbons (Fsp3) is 1.00. The van der Waals surface area contributed by atoms with E-state index in [4.69, 9.17) is 4.74 Å². The van der Waals surface area contributed by atoms with E-state index >= 15 is 0 Å². The summed E-state index contributed by atoms with van der Waals surface area (Å²) in [6.07, 6.45) is -4.65. The van der Waals surface area contributed by atoms with Gasteiger partial charge in [-0.3, -0.25) is 0 Å². The number of sulfonamides is 1. The summed E-state index contributed by atoms with van der Waals surface area (Å²) in [6, 6.07) is -0.552. The number of hydrogen-bond donors (Lipinski definition) is 1. The molecule has 9 heteroatoms. The molecule has 0 spiro atoms. The predicted molar refractivity (Wildman–Crippen MR) is 60.0 cm³/mol. The average molecular weight is 373 g/mol. The van der Waals surface area contributed by atoms with Gasteiger partial charge in [-0.1, -0.05) is 22.6 Å². The van der Waals surface area contributed by atoms with Crippen molar-refractivity contribution in [3.05, 3.63) is 0 Å². The van der Waals surface area contributed by atoms with Crippen LogP contribution >= 0.6 is 22.6 Å².